The number of carboxylic acid groups (broad SMARTS) is 1. The van der Waals surface area contributed by atoms with E-state index in [0.29, 0.717) is 28.8 Å². The highest BCUT2D eigenvalue weighted by Gasteiger charge is 2.54. The van der Waals surface area contributed by atoms with Crippen LogP contribution in [0.5, 0.6) is 0 Å². The zero-order valence-corrected chi connectivity index (χ0v) is 21.1. The summed E-state index contributed by atoms with van der Waals surface area (Å²) in [5.74, 6) is -2.19. The molecule has 6 N–H and O–H groups in total. The van der Waals surface area contributed by atoms with Gasteiger partial charge in [-0.15, -0.1) is 23.1 Å². The second kappa shape index (κ2) is 10.7. The van der Waals surface area contributed by atoms with Crippen molar-refractivity contribution < 1.29 is 33.7 Å². The molecule has 0 radical (unpaired) electrons. The zero-order valence-electron chi connectivity index (χ0n) is 18.6. The summed E-state index contributed by atoms with van der Waals surface area (Å²) in [6.07, 6.45) is 3.27. The monoisotopic (exact) mass is 550 g/mol. The van der Waals surface area contributed by atoms with E-state index in [0.717, 1.165) is 11.3 Å². The van der Waals surface area contributed by atoms with E-state index in [2.05, 4.69) is 15.5 Å². The molecule has 2 aliphatic heterocycles. The molecule has 1 saturated heterocycles. The van der Waals surface area contributed by atoms with Gasteiger partial charge < -0.3 is 21.0 Å². The number of aliphatic carboxylic acids is 1. The smallest absolute Gasteiger partial charge is 0.352 e. The predicted octanol–water partition coefficient (Wildman–Crippen LogP) is -0.451. The number of carbonyl (C=O) groups is 4. The summed E-state index contributed by atoms with van der Waals surface area (Å²) in [5.41, 5.74) is 6.47. The van der Waals surface area contributed by atoms with Crippen LogP contribution in [-0.4, -0.2) is 67.9 Å². The van der Waals surface area contributed by atoms with Crippen LogP contribution in [0.1, 0.15) is 16.1 Å². The molecule has 2 aromatic rings. The van der Waals surface area contributed by atoms with Crippen LogP contribution in [0.25, 0.3) is 0 Å². The molecule has 4 rings (SSSR count). The van der Waals surface area contributed by atoms with Crippen LogP contribution in [0, 0.1) is 0 Å². The minimum atomic E-state index is -1.25. The van der Waals surface area contributed by atoms with Gasteiger partial charge in [0.1, 0.15) is 29.9 Å². The summed E-state index contributed by atoms with van der Waals surface area (Å²) in [5, 5.41) is 22.3. The normalized spacial score (nSPS) is 19.4. The van der Waals surface area contributed by atoms with Crippen LogP contribution in [-0.2, 0) is 25.8 Å². The first-order valence-electron chi connectivity index (χ1n) is 10.2. The van der Waals surface area contributed by atoms with Crippen molar-refractivity contribution in [3.8, 4) is 0 Å². The Morgan fingerprint density at radius 2 is 2.11 bits per heavy atom. The Hall–Kier alpha value is -3.47. The molecular formula is C20H20N7O6S3+. The number of oxime groups is 1. The fourth-order valence-electron chi connectivity index (χ4n) is 3.69. The summed E-state index contributed by atoms with van der Waals surface area (Å²) < 4.78 is 1.70. The summed E-state index contributed by atoms with van der Waals surface area (Å²) >= 11 is 3.05. The molecule has 36 heavy (non-hydrogen) atoms. The number of hydrogen-bond acceptors (Lipinski definition) is 12. The first-order chi connectivity index (χ1) is 17.2. The van der Waals surface area contributed by atoms with Crippen molar-refractivity contribution in [3.05, 3.63) is 52.4 Å². The van der Waals surface area contributed by atoms with Crippen LogP contribution in [0.4, 0.5) is 5.13 Å². The Morgan fingerprint density at radius 1 is 1.39 bits per heavy atom. The molecule has 16 heteroatoms. The lowest BCUT2D eigenvalue weighted by Crippen LogP contribution is -2.71. The molecule has 2 aromatic heterocycles. The SMILES string of the molecule is CO/N=C(\C(=O)N[C@@H]1C(=O)N2C(C(=O)O)=C(C[n+]3ccc(C(=O)SN)cc3)CS[C@H]12)c1csc(N)n1. The van der Waals surface area contributed by atoms with Gasteiger partial charge in [0.05, 0.1) is 0 Å². The third kappa shape index (κ3) is 4.92. The van der Waals surface area contributed by atoms with Gasteiger partial charge in [0.15, 0.2) is 29.8 Å². The van der Waals surface area contributed by atoms with Crippen molar-refractivity contribution >= 4 is 68.8 Å². The highest BCUT2D eigenvalue weighted by Crippen LogP contribution is 2.40. The van der Waals surface area contributed by atoms with E-state index >= 15 is 0 Å². The maximum absolute atomic E-state index is 13.0. The molecule has 0 saturated carbocycles. The summed E-state index contributed by atoms with van der Waals surface area (Å²) in [4.78, 5) is 59.5. The first kappa shape index (κ1) is 25.6. The molecule has 13 nitrogen and oxygen atoms in total. The largest absolute Gasteiger partial charge is 0.477 e. The van der Waals surface area contributed by atoms with Gasteiger partial charge in [-0.1, -0.05) is 5.16 Å². The minimum Gasteiger partial charge on any atom is -0.477 e. The number of nitrogens with zero attached hydrogens (tertiary/aromatic N) is 4. The molecule has 1 fully saturated rings. The number of nitrogen functional groups attached to an aromatic ring is 1. The number of carboxylic acids is 1. The van der Waals surface area contributed by atoms with Crippen molar-refractivity contribution in [2.24, 2.45) is 10.3 Å². The topological polar surface area (TPSA) is 194 Å². The zero-order chi connectivity index (χ0) is 26.0. The van der Waals surface area contributed by atoms with Crippen molar-refractivity contribution in [1.82, 2.24) is 15.2 Å². The van der Waals surface area contributed by atoms with Crippen LogP contribution in [0.2, 0.25) is 0 Å². The Morgan fingerprint density at radius 3 is 2.69 bits per heavy atom. The van der Waals surface area contributed by atoms with Crippen LogP contribution in [0.3, 0.4) is 0 Å². The molecule has 0 spiro atoms. The number of hydrogen-bond donors (Lipinski definition) is 4. The molecule has 188 valence electrons. The lowest BCUT2D eigenvalue weighted by atomic mass is 10.0. The molecule has 2 aliphatic rings. The van der Waals surface area contributed by atoms with Crippen molar-refractivity contribution in [1.29, 1.82) is 0 Å². The molecule has 0 aromatic carbocycles. The van der Waals surface area contributed by atoms with E-state index in [1.807, 2.05) is 0 Å². The molecule has 0 aliphatic carbocycles. The lowest BCUT2D eigenvalue weighted by Gasteiger charge is -2.49. The maximum atomic E-state index is 13.0. The van der Waals surface area contributed by atoms with Crippen LogP contribution in [0.15, 0.2) is 46.3 Å². The number of nitrogens with one attached hydrogen (secondary N) is 1. The number of fused-ring (bicyclic) bond motifs is 1. The van der Waals surface area contributed by atoms with Gasteiger partial charge in [-0.25, -0.2) is 14.3 Å². The van der Waals surface area contributed by atoms with Gasteiger partial charge in [-0.2, -0.15) is 0 Å². The minimum absolute atomic E-state index is 0.127. The Balaban J connectivity index is 1.51. The van der Waals surface area contributed by atoms with Crippen LogP contribution < -0.4 is 20.8 Å². The Bertz CT molecular complexity index is 1290. The number of rotatable bonds is 8. The lowest BCUT2D eigenvalue weighted by molar-refractivity contribution is -0.689. The Labute approximate surface area is 216 Å². The standard InChI is InChI=1S/C20H19N7O6S3/c1-33-25-12(11-8-35-20(21)23-11)15(28)24-13-16(29)27-14(18(30)31)10(7-34-17(13)27)6-26-4-2-9(3-5-26)19(32)36-22/h2-5,8,13,17H,6-7,22H2,1H3,(H3-,21,23,24,28,30,31)/p+1/b25-12-/t13-,17-/m1/s1. The number of pyridine rings is 1. The third-order valence-corrected chi connectivity index (χ3v) is 7.77. The molecule has 2 atom stereocenters. The molecule has 4 heterocycles. The number of thioether (sulfide) groups is 1. The highest BCUT2D eigenvalue weighted by molar-refractivity contribution is 8.12. The summed E-state index contributed by atoms with van der Waals surface area (Å²) in [7, 11) is 1.27. The fraction of sp³-hybridized carbons (Fsp3) is 0.250. The van der Waals surface area contributed by atoms with E-state index in [1.54, 1.807) is 29.1 Å². The number of carbonyl (C=O) groups excluding carboxylic acids is 3. The van der Waals surface area contributed by atoms with Gasteiger partial charge in [-0.05, 0) is 11.9 Å². The number of thiazole rings is 1. The number of anilines is 1. The van der Waals surface area contributed by atoms with E-state index < -0.39 is 29.2 Å². The second-order valence-corrected chi connectivity index (χ2v) is 10.1. The maximum Gasteiger partial charge on any atom is 0.352 e. The van der Waals surface area contributed by atoms with E-state index in [-0.39, 0.29) is 33.9 Å². The number of aromatic nitrogens is 2. The van der Waals surface area contributed by atoms with E-state index in [4.69, 9.17) is 15.7 Å². The quantitative estimate of drug-likeness (QED) is 0.109. The Kier molecular flexibility index (Phi) is 7.58. The molecule has 2 amide bonds. The van der Waals surface area contributed by atoms with Gasteiger partial charge in [0, 0.05) is 34.4 Å². The van der Waals surface area contributed by atoms with Crippen molar-refractivity contribution in [3.63, 3.8) is 0 Å². The van der Waals surface area contributed by atoms with Gasteiger partial charge >= 0.3 is 5.97 Å². The van der Waals surface area contributed by atoms with Gasteiger partial charge in [0.2, 0.25) is 5.12 Å². The van der Waals surface area contributed by atoms with Gasteiger partial charge in [-0.3, -0.25) is 24.4 Å². The van der Waals surface area contributed by atoms with Crippen LogP contribution >= 0.6 is 35.0 Å². The first-order valence-corrected chi connectivity index (χ1v) is 13.0. The molecule has 0 bridgehead atoms. The predicted molar refractivity (Wildman–Crippen MR) is 133 cm³/mol. The summed E-state index contributed by atoms with van der Waals surface area (Å²) in [6, 6.07) is 2.21. The molecular weight excluding hydrogens is 530 g/mol. The fourth-order valence-corrected chi connectivity index (χ4v) is 5.85. The van der Waals surface area contributed by atoms with Gasteiger partial charge in [0.25, 0.3) is 11.8 Å². The van der Waals surface area contributed by atoms with E-state index in [9.17, 15) is 24.3 Å². The molecule has 0 unspecified atom stereocenters. The number of nitrogens with two attached hydrogens (primary N) is 2. The highest BCUT2D eigenvalue weighted by atomic mass is 32.2. The second-order valence-electron chi connectivity index (χ2n) is 7.48. The summed E-state index contributed by atoms with van der Waals surface area (Å²) in [6.45, 7) is 0.197. The number of amides is 2. The third-order valence-electron chi connectivity index (χ3n) is 5.31. The number of β-lactam (4-membered cyclic amide) rings is 1. The van der Waals surface area contributed by atoms with Crippen molar-refractivity contribution in [2.75, 3.05) is 18.6 Å². The average Bonchev–Trinajstić information content (AvgIpc) is 3.30. The average molecular weight is 551 g/mol. The van der Waals surface area contributed by atoms with E-state index in [1.165, 1.54) is 29.2 Å². The van der Waals surface area contributed by atoms with Crippen molar-refractivity contribution in [2.45, 2.75) is 18.0 Å².